The summed E-state index contributed by atoms with van der Waals surface area (Å²) in [7, 11) is 0. The van der Waals surface area contributed by atoms with Gasteiger partial charge in [-0.1, -0.05) is 0 Å². The first kappa shape index (κ1) is 19.2. The van der Waals surface area contributed by atoms with E-state index in [1.165, 1.54) is 0 Å². The predicted molar refractivity (Wildman–Crippen MR) is 86.7 cm³/mol. The molecule has 0 radical (unpaired) electrons. The number of hydrogen-bond donors (Lipinski definition) is 4. The zero-order valence-electron chi connectivity index (χ0n) is 13.8. The van der Waals surface area contributed by atoms with Gasteiger partial charge < -0.3 is 25.6 Å². The van der Waals surface area contributed by atoms with E-state index in [4.69, 9.17) is 4.74 Å². The second-order valence-electron chi connectivity index (χ2n) is 5.84. The van der Waals surface area contributed by atoms with Gasteiger partial charge in [0, 0.05) is 18.9 Å². The van der Waals surface area contributed by atoms with Crippen molar-refractivity contribution in [3.8, 4) is 0 Å². The molecule has 12 heteroatoms. The molecule has 9 nitrogen and oxygen atoms in total. The van der Waals surface area contributed by atoms with Crippen molar-refractivity contribution in [1.29, 1.82) is 0 Å². The van der Waals surface area contributed by atoms with Crippen LogP contribution < -0.4 is 10.6 Å². The molecule has 0 saturated carbocycles. The highest BCUT2D eigenvalue weighted by molar-refractivity contribution is 5.34. The van der Waals surface area contributed by atoms with Crippen LogP contribution in [0.4, 0.5) is 24.9 Å². The van der Waals surface area contributed by atoms with Crippen LogP contribution in [-0.4, -0.2) is 67.7 Å². The maximum absolute atomic E-state index is 12.7. The molecule has 0 unspecified atom stereocenters. The zero-order chi connectivity index (χ0) is 19.4. The molecule has 0 aromatic carbocycles. The highest BCUT2D eigenvalue weighted by Crippen LogP contribution is 2.28. The summed E-state index contributed by atoms with van der Waals surface area (Å²) in [6, 6.07) is 0.787. The van der Waals surface area contributed by atoms with Gasteiger partial charge in [-0.3, -0.25) is 4.98 Å². The smallest absolute Gasteiger partial charge is 0.388 e. The standard InChI is InChI=1S/C15H17F3N6O3/c16-15(17,18)10-5-19-6-11(24-10)23-8-7-27-9(13(26)12(8)25)4-22-14-20-2-1-3-21-14/h1-3,5-6,8-9,12-13,25-26H,4,7H2,(H,23,24)(H,20,21,22)/t8-,9+,12+,13-/m0/s1. The second-order valence-corrected chi connectivity index (χ2v) is 5.84. The van der Waals surface area contributed by atoms with Crippen LogP contribution in [0.15, 0.2) is 30.9 Å². The second kappa shape index (κ2) is 7.98. The number of ether oxygens (including phenoxy) is 1. The summed E-state index contributed by atoms with van der Waals surface area (Å²) in [6.07, 6.45) is -3.20. The van der Waals surface area contributed by atoms with E-state index >= 15 is 0 Å². The molecule has 2 aromatic heterocycles. The van der Waals surface area contributed by atoms with Gasteiger partial charge in [-0.2, -0.15) is 13.2 Å². The van der Waals surface area contributed by atoms with Crippen molar-refractivity contribution < 1.29 is 28.1 Å². The molecule has 4 N–H and O–H groups in total. The Morgan fingerprint density at radius 1 is 1.15 bits per heavy atom. The average Bonchev–Trinajstić information content (AvgIpc) is 2.65. The Hall–Kier alpha value is -2.57. The lowest BCUT2D eigenvalue weighted by molar-refractivity contribution is -0.141. The molecule has 3 heterocycles. The van der Waals surface area contributed by atoms with E-state index in [9.17, 15) is 23.4 Å². The fourth-order valence-corrected chi connectivity index (χ4v) is 2.53. The van der Waals surface area contributed by atoms with Gasteiger partial charge in [-0.15, -0.1) is 0 Å². The lowest BCUT2D eigenvalue weighted by Crippen LogP contribution is -2.57. The summed E-state index contributed by atoms with van der Waals surface area (Å²) in [5.41, 5.74) is -1.16. The number of alkyl halides is 3. The largest absolute Gasteiger partial charge is 0.434 e. The van der Waals surface area contributed by atoms with E-state index in [-0.39, 0.29) is 19.0 Å². The summed E-state index contributed by atoms with van der Waals surface area (Å²) >= 11 is 0. The number of nitrogens with one attached hydrogen (secondary N) is 2. The zero-order valence-corrected chi connectivity index (χ0v) is 13.8. The van der Waals surface area contributed by atoms with Gasteiger partial charge in [0.15, 0.2) is 5.69 Å². The van der Waals surface area contributed by atoms with Crippen LogP contribution in [0.25, 0.3) is 0 Å². The summed E-state index contributed by atoms with van der Waals surface area (Å²) in [5.74, 6) is 0.154. The van der Waals surface area contributed by atoms with Crippen molar-refractivity contribution in [2.24, 2.45) is 0 Å². The monoisotopic (exact) mass is 386 g/mol. The number of halogens is 3. The van der Waals surface area contributed by atoms with E-state index in [1.807, 2.05) is 0 Å². The van der Waals surface area contributed by atoms with E-state index in [2.05, 4.69) is 30.6 Å². The van der Waals surface area contributed by atoms with E-state index in [1.54, 1.807) is 18.5 Å². The number of aliphatic hydroxyl groups is 2. The van der Waals surface area contributed by atoms with Gasteiger partial charge in [-0.25, -0.2) is 15.0 Å². The molecule has 1 saturated heterocycles. The molecule has 1 aliphatic heterocycles. The van der Waals surface area contributed by atoms with Crippen molar-refractivity contribution >= 4 is 11.8 Å². The molecule has 146 valence electrons. The number of aromatic nitrogens is 4. The van der Waals surface area contributed by atoms with Crippen LogP contribution in [0.1, 0.15) is 5.69 Å². The maximum Gasteiger partial charge on any atom is 0.434 e. The van der Waals surface area contributed by atoms with Crippen LogP contribution in [0, 0.1) is 0 Å². The van der Waals surface area contributed by atoms with Gasteiger partial charge in [0.2, 0.25) is 5.95 Å². The molecule has 4 atom stereocenters. The van der Waals surface area contributed by atoms with Crippen molar-refractivity contribution in [1.82, 2.24) is 19.9 Å². The molecule has 0 bridgehead atoms. The van der Waals surface area contributed by atoms with Crippen molar-refractivity contribution in [2.75, 3.05) is 23.8 Å². The normalized spacial score (nSPS) is 25.8. The fourth-order valence-electron chi connectivity index (χ4n) is 2.53. The Morgan fingerprint density at radius 2 is 1.89 bits per heavy atom. The summed E-state index contributed by atoms with van der Waals surface area (Å²) in [6.45, 7) is 0.0798. The van der Waals surface area contributed by atoms with Crippen LogP contribution in [0.3, 0.4) is 0 Å². The molecule has 0 aliphatic carbocycles. The Labute approximate surface area is 151 Å². The Morgan fingerprint density at radius 3 is 2.59 bits per heavy atom. The summed E-state index contributed by atoms with van der Waals surface area (Å²) in [4.78, 5) is 14.8. The Kier molecular flexibility index (Phi) is 5.68. The third-order valence-corrected chi connectivity index (χ3v) is 3.92. The van der Waals surface area contributed by atoms with Crippen LogP contribution in [-0.2, 0) is 10.9 Å². The molecule has 2 aromatic rings. The lowest BCUT2D eigenvalue weighted by Gasteiger charge is -2.38. The van der Waals surface area contributed by atoms with E-state index in [0.717, 1.165) is 6.20 Å². The molecular formula is C15H17F3N6O3. The molecular weight excluding hydrogens is 369 g/mol. The van der Waals surface area contributed by atoms with Crippen LogP contribution in [0.5, 0.6) is 0 Å². The molecule has 3 rings (SSSR count). The number of nitrogens with zero attached hydrogens (tertiary/aromatic N) is 4. The highest BCUT2D eigenvalue weighted by atomic mass is 19.4. The molecule has 0 spiro atoms. The highest BCUT2D eigenvalue weighted by Gasteiger charge is 2.39. The predicted octanol–water partition coefficient (Wildman–Crippen LogP) is 0.299. The minimum atomic E-state index is -4.64. The Balaban J connectivity index is 1.59. The third kappa shape index (κ3) is 4.78. The molecule has 1 aliphatic rings. The van der Waals surface area contributed by atoms with Crippen molar-refractivity contribution in [3.05, 3.63) is 36.5 Å². The summed E-state index contributed by atoms with van der Waals surface area (Å²) in [5, 5.41) is 26.0. The van der Waals surface area contributed by atoms with Crippen molar-refractivity contribution in [3.63, 3.8) is 0 Å². The number of rotatable bonds is 5. The number of hydrogen-bond acceptors (Lipinski definition) is 9. The topological polar surface area (TPSA) is 125 Å². The average molecular weight is 386 g/mol. The molecule has 0 amide bonds. The maximum atomic E-state index is 12.7. The number of aliphatic hydroxyl groups excluding tert-OH is 2. The first-order chi connectivity index (χ1) is 12.8. The Bertz CT molecular complexity index is 751. The first-order valence-electron chi connectivity index (χ1n) is 7.99. The van der Waals surface area contributed by atoms with Gasteiger partial charge in [0.1, 0.15) is 24.1 Å². The molecule has 27 heavy (non-hydrogen) atoms. The number of anilines is 2. The lowest BCUT2D eigenvalue weighted by atomic mass is 9.98. The van der Waals surface area contributed by atoms with Gasteiger partial charge >= 0.3 is 6.18 Å². The van der Waals surface area contributed by atoms with E-state index < -0.39 is 36.2 Å². The van der Waals surface area contributed by atoms with Crippen LogP contribution >= 0.6 is 0 Å². The van der Waals surface area contributed by atoms with E-state index in [0.29, 0.717) is 12.1 Å². The minimum absolute atomic E-state index is 0.0574. The summed E-state index contributed by atoms with van der Waals surface area (Å²) < 4.78 is 43.6. The van der Waals surface area contributed by atoms with Gasteiger partial charge in [-0.05, 0) is 6.07 Å². The van der Waals surface area contributed by atoms with Crippen LogP contribution in [0.2, 0.25) is 0 Å². The third-order valence-electron chi connectivity index (χ3n) is 3.92. The van der Waals surface area contributed by atoms with Crippen molar-refractivity contribution in [2.45, 2.75) is 30.5 Å². The van der Waals surface area contributed by atoms with Gasteiger partial charge in [0.25, 0.3) is 0 Å². The molecule has 1 fully saturated rings. The quantitative estimate of drug-likeness (QED) is 0.574. The SMILES string of the molecule is O[C@@H]1[C@H](O)[C@@H](Nc2cncc(C(F)(F)F)n2)CO[C@@H]1CNc1ncccn1. The fraction of sp³-hybridized carbons (Fsp3) is 0.467. The van der Waals surface area contributed by atoms with Gasteiger partial charge in [0.05, 0.1) is 25.0 Å². The minimum Gasteiger partial charge on any atom is -0.388 e. The first-order valence-corrected chi connectivity index (χ1v) is 7.99.